The Bertz CT molecular complexity index is 352. The molecule has 72 valence electrons. The third kappa shape index (κ3) is 2.66. The van der Waals surface area contributed by atoms with Crippen molar-refractivity contribution in [2.24, 2.45) is 0 Å². The number of aliphatic hydroxyl groups excluding tert-OH is 1. The van der Waals surface area contributed by atoms with Crippen LogP contribution in [0.25, 0.3) is 0 Å². The largest absolute Gasteiger partial charge is 0.384 e. The van der Waals surface area contributed by atoms with Crippen LogP contribution >= 0.6 is 11.8 Å². The molecule has 0 fully saturated rings. The van der Waals surface area contributed by atoms with Crippen molar-refractivity contribution in [3.63, 3.8) is 0 Å². The molecule has 1 aromatic carbocycles. The van der Waals surface area contributed by atoms with E-state index in [4.69, 9.17) is 6.42 Å². The smallest absolute Gasteiger partial charge is 0.0980 e. The molecule has 0 radical (unpaired) electrons. The van der Waals surface area contributed by atoms with Gasteiger partial charge >= 0.3 is 0 Å². The molecule has 0 amide bonds. The summed E-state index contributed by atoms with van der Waals surface area (Å²) in [5.74, 6) is 3.17. The summed E-state index contributed by atoms with van der Waals surface area (Å²) in [6, 6.07) is 7.65. The Labute approximate surface area is 88.8 Å². The average Bonchev–Trinajstić information content (AvgIpc) is 2.25. The van der Waals surface area contributed by atoms with Crippen LogP contribution in [0.4, 0.5) is 0 Å². The highest BCUT2D eigenvalue weighted by Crippen LogP contribution is 2.27. The van der Waals surface area contributed by atoms with Gasteiger partial charge in [-0.05, 0) is 11.6 Å². The Kier molecular flexibility index (Phi) is 4.31. The molecule has 1 N–H and O–H groups in total. The highest BCUT2D eigenvalue weighted by atomic mass is 32.2. The third-order valence-corrected chi connectivity index (χ3v) is 2.77. The van der Waals surface area contributed by atoms with Crippen molar-refractivity contribution in [1.82, 2.24) is 0 Å². The van der Waals surface area contributed by atoms with E-state index < -0.39 is 6.10 Å². The molecule has 0 aliphatic rings. The first-order valence-electron chi connectivity index (χ1n) is 4.25. The molecule has 0 heterocycles. The van der Waals surface area contributed by atoms with Crippen molar-refractivity contribution < 1.29 is 5.11 Å². The number of terminal acetylenes is 1. The zero-order valence-corrected chi connectivity index (χ0v) is 8.63. The summed E-state index contributed by atoms with van der Waals surface area (Å²) in [7, 11) is 0. The van der Waals surface area contributed by atoms with Gasteiger partial charge in [0.15, 0.2) is 0 Å². The molecule has 0 aliphatic carbocycles. The van der Waals surface area contributed by atoms with Gasteiger partial charge in [0.2, 0.25) is 0 Å². The summed E-state index contributed by atoms with van der Waals surface area (Å²) in [5.41, 5.74) is 0.864. The van der Waals surface area contributed by atoms with E-state index in [2.05, 4.69) is 12.5 Å². The Morgan fingerprint density at radius 2 is 2.29 bits per heavy atom. The van der Waals surface area contributed by atoms with E-state index in [0.717, 1.165) is 10.5 Å². The molecule has 14 heavy (non-hydrogen) atoms. The lowest BCUT2D eigenvalue weighted by Gasteiger charge is -2.10. The lowest BCUT2D eigenvalue weighted by atomic mass is 10.1. The fourth-order valence-corrected chi connectivity index (χ4v) is 1.87. The molecular weight excluding hydrogens is 192 g/mol. The Hall–Kier alpha value is -1.17. The van der Waals surface area contributed by atoms with Gasteiger partial charge in [0.05, 0.1) is 11.9 Å². The van der Waals surface area contributed by atoms with Gasteiger partial charge in [0.1, 0.15) is 0 Å². The zero-order valence-electron chi connectivity index (χ0n) is 7.81. The highest BCUT2D eigenvalue weighted by molar-refractivity contribution is 7.99. The maximum absolute atomic E-state index is 9.63. The van der Waals surface area contributed by atoms with E-state index in [1.165, 1.54) is 6.08 Å². The van der Waals surface area contributed by atoms with Crippen LogP contribution in [0, 0.1) is 12.3 Å². The fraction of sp³-hybridized carbons (Fsp3) is 0.167. The number of hydrogen-bond acceptors (Lipinski definition) is 2. The summed E-state index contributed by atoms with van der Waals surface area (Å²) >= 11 is 1.55. The van der Waals surface area contributed by atoms with Crippen LogP contribution in [0.15, 0.2) is 41.8 Å². The third-order valence-electron chi connectivity index (χ3n) is 1.77. The molecule has 1 rings (SSSR count). The van der Waals surface area contributed by atoms with Gasteiger partial charge in [0, 0.05) is 4.90 Å². The van der Waals surface area contributed by atoms with Crippen LogP contribution in [0.3, 0.4) is 0 Å². The van der Waals surface area contributed by atoms with Crippen molar-refractivity contribution in [3.8, 4) is 12.3 Å². The molecule has 0 aromatic heterocycles. The second-order valence-electron chi connectivity index (χ2n) is 2.71. The van der Waals surface area contributed by atoms with Crippen molar-refractivity contribution in [3.05, 3.63) is 42.5 Å². The van der Waals surface area contributed by atoms with Crippen LogP contribution < -0.4 is 0 Å². The first-order chi connectivity index (χ1) is 6.79. The van der Waals surface area contributed by atoms with Gasteiger partial charge in [-0.25, -0.2) is 0 Å². The minimum absolute atomic E-state index is 0.612. The fourth-order valence-electron chi connectivity index (χ4n) is 1.10. The predicted octanol–water partition coefficient (Wildman–Crippen LogP) is 2.63. The van der Waals surface area contributed by atoms with E-state index in [0.29, 0.717) is 5.75 Å². The molecule has 2 heteroatoms. The average molecular weight is 204 g/mol. The highest BCUT2D eigenvalue weighted by Gasteiger charge is 2.07. The maximum Gasteiger partial charge on any atom is 0.0980 e. The van der Waals surface area contributed by atoms with Gasteiger partial charge < -0.3 is 5.11 Å². The first kappa shape index (κ1) is 10.9. The number of benzene rings is 1. The van der Waals surface area contributed by atoms with E-state index in [1.54, 1.807) is 11.8 Å². The van der Waals surface area contributed by atoms with Crippen molar-refractivity contribution in [1.29, 1.82) is 0 Å². The van der Waals surface area contributed by atoms with E-state index in [9.17, 15) is 5.11 Å². The van der Waals surface area contributed by atoms with Gasteiger partial charge in [-0.15, -0.1) is 24.8 Å². The lowest BCUT2D eigenvalue weighted by molar-refractivity contribution is 0.226. The standard InChI is InChI=1S/C12H12OS/c1-3-9-14-12-8-6-5-7-10(12)11(13)4-2/h1,4-8,11,13H,2,9H2. The van der Waals surface area contributed by atoms with Gasteiger partial charge in [-0.1, -0.05) is 30.2 Å². The number of hydrogen-bond donors (Lipinski definition) is 1. The molecule has 1 atom stereocenters. The van der Waals surface area contributed by atoms with Crippen LogP contribution in [-0.2, 0) is 0 Å². The minimum Gasteiger partial charge on any atom is -0.384 e. The van der Waals surface area contributed by atoms with Gasteiger partial charge in [-0.2, -0.15) is 0 Å². The topological polar surface area (TPSA) is 20.2 Å². The summed E-state index contributed by atoms with van der Waals surface area (Å²) in [6.07, 6.45) is 6.08. The van der Waals surface area contributed by atoms with Crippen LogP contribution in [-0.4, -0.2) is 10.9 Å². The summed E-state index contributed by atoms with van der Waals surface area (Å²) < 4.78 is 0. The van der Waals surface area contributed by atoms with Crippen LogP contribution in [0.1, 0.15) is 11.7 Å². The second-order valence-corrected chi connectivity index (χ2v) is 3.73. The van der Waals surface area contributed by atoms with Crippen LogP contribution in [0.5, 0.6) is 0 Å². The second kappa shape index (κ2) is 5.54. The quantitative estimate of drug-likeness (QED) is 0.462. The Balaban J connectivity index is 2.91. The van der Waals surface area contributed by atoms with Crippen molar-refractivity contribution in [2.75, 3.05) is 5.75 Å². The number of thioether (sulfide) groups is 1. The summed E-state index contributed by atoms with van der Waals surface area (Å²) in [6.45, 7) is 3.56. The SMILES string of the molecule is C#CCSc1ccccc1C(O)C=C. The molecule has 0 bridgehead atoms. The Morgan fingerprint density at radius 1 is 1.57 bits per heavy atom. The van der Waals surface area contributed by atoms with Crippen molar-refractivity contribution in [2.45, 2.75) is 11.0 Å². The molecular formula is C12H12OS. The molecule has 0 saturated carbocycles. The monoisotopic (exact) mass is 204 g/mol. The summed E-state index contributed by atoms with van der Waals surface area (Å²) in [4.78, 5) is 1.01. The van der Waals surface area contributed by atoms with Crippen LogP contribution in [0.2, 0.25) is 0 Å². The lowest BCUT2D eigenvalue weighted by Crippen LogP contribution is -1.94. The molecule has 0 saturated heterocycles. The zero-order chi connectivity index (χ0) is 10.4. The molecule has 1 aromatic rings. The molecule has 1 unspecified atom stereocenters. The van der Waals surface area contributed by atoms with E-state index in [-0.39, 0.29) is 0 Å². The number of aliphatic hydroxyl groups is 1. The molecule has 1 nitrogen and oxygen atoms in total. The van der Waals surface area contributed by atoms with E-state index in [1.807, 2.05) is 24.3 Å². The molecule has 0 aliphatic heterocycles. The van der Waals surface area contributed by atoms with Gasteiger partial charge in [0.25, 0.3) is 0 Å². The normalized spacial score (nSPS) is 11.7. The Morgan fingerprint density at radius 3 is 2.93 bits per heavy atom. The number of rotatable bonds is 4. The molecule has 0 spiro atoms. The predicted molar refractivity (Wildman–Crippen MR) is 61.2 cm³/mol. The van der Waals surface area contributed by atoms with E-state index >= 15 is 0 Å². The summed E-state index contributed by atoms with van der Waals surface area (Å²) in [5, 5.41) is 9.63. The van der Waals surface area contributed by atoms with Crippen molar-refractivity contribution >= 4 is 11.8 Å². The maximum atomic E-state index is 9.63. The van der Waals surface area contributed by atoms with Gasteiger partial charge in [-0.3, -0.25) is 0 Å². The first-order valence-corrected chi connectivity index (χ1v) is 5.24. The minimum atomic E-state index is -0.614.